The van der Waals surface area contributed by atoms with Crippen LogP contribution in [0.1, 0.15) is 34.3 Å². The highest BCUT2D eigenvalue weighted by Crippen LogP contribution is 2.40. The van der Waals surface area contributed by atoms with Gasteiger partial charge in [0.15, 0.2) is 11.6 Å². The number of methoxy groups -OCH3 is 1. The summed E-state index contributed by atoms with van der Waals surface area (Å²) in [6, 6.07) is 5.79. The summed E-state index contributed by atoms with van der Waals surface area (Å²) in [5, 5.41) is 2.59. The minimum Gasteiger partial charge on any atom is -0.492 e. The number of aryl methyl sites for hydroxylation is 1. The van der Waals surface area contributed by atoms with Crippen molar-refractivity contribution in [2.45, 2.75) is 39.0 Å². The Hall–Kier alpha value is -3.80. The number of nitrogens with zero attached hydrogens (tertiary/aromatic N) is 2. The number of aromatic nitrogens is 1. The third-order valence-electron chi connectivity index (χ3n) is 7.00. The van der Waals surface area contributed by atoms with Crippen LogP contribution in [0.5, 0.6) is 5.75 Å². The number of amides is 2. The van der Waals surface area contributed by atoms with E-state index in [-0.39, 0.29) is 36.6 Å². The Balaban J connectivity index is 1.81. The summed E-state index contributed by atoms with van der Waals surface area (Å²) in [5.74, 6) is -3.01. The fourth-order valence-electron chi connectivity index (χ4n) is 4.97. The molecule has 0 atom stereocenters. The van der Waals surface area contributed by atoms with E-state index in [1.54, 1.807) is 30.0 Å². The van der Waals surface area contributed by atoms with Crippen molar-refractivity contribution < 1.29 is 31.9 Å². The Morgan fingerprint density at radius 3 is 2.45 bits per heavy atom. The van der Waals surface area contributed by atoms with E-state index in [4.69, 9.17) is 22.1 Å². The molecule has 0 aliphatic carbocycles. The smallest absolute Gasteiger partial charge is 0.406 e. The van der Waals surface area contributed by atoms with E-state index in [1.807, 2.05) is 0 Å². The highest BCUT2D eigenvalue weighted by Gasteiger charge is 2.33. The quantitative estimate of drug-likeness (QED) is 0.404. The molecule has 1 aliphatic heterocycles. The van der Waals surface area contributed by atoms with E-state index in [0.717, 1.165) is 24.9 Å². The molecule has 1 aliphatic rings. The number of carbonyl (C=O) groups excluding carboxylic acids is 2. The van der Waals surface area contributed by atoms with Crippen molar-refractivity contribution in [1.82, 2.24) is 9.88 Å². The molecule has 0 radical (unpaired) electrons. The van der Waals surface area contributed by atoms with Crippen LogP contribution >= 0.6 is 11.6 Å². The monoisotopic (exact) mass is 582 g/mol. The number of primary amides is 1. The molecule has 0 unspecified atom stereocenters. The standard InChI is InChI=1S/C27H27ClF4N4O4/c1-14-9-17(28)4-3-16(14)11-34-26(39)19-12-36(13-27(30,31)32)21-18(23(19)37)10-20(29)22(24(21)40-2)35-7-5-15(6-8-35)25(33)38/h3-4,9-10,12,15H,5-8,11,13H2,1-2H3,(H2,33,38)(H,34,39). The van der Waals surface area contributed by atoms with Crippen molar-refractivity contribution in [1.29, 1.82) is 0 Å². The maximum Gasteiger partial charge on any atom is 0.406 e. The van der Waals surface area contributed by atoms with Gasteiger partial charge in [-0.25, -0.2) is 4.39 Å². The summed E-state index contributed by atoms with van der Waals surface area (Å²) in [6.45, 7) is 0.575. The predicted octanol–water partition coefficient (Wildman–Crippen LogP) is 4.31. The summed E-state index contributed by atoms with van der Waals surface area (Å²) in [7, 11) is 1.16. The number of alkyl halides is 3. The molecule has 40 heavy (non-hydrogen) atoms. The third kappa shape index (κ3) is 6.01. The molecule has 1 fully saturated rings. The van der Waals surface area contributed by atoms with E-state index in [2.05, 4.69) is 5.32 Å². The Bertz CT molecular complexity index is 1530. The van der Waals surface area contributed by atoms with Crippen LogP contribution < -0.4 is 26.1 Å². The van der Waals surface area contributed by atoms with Crippen LogP contribution in [-0.2, 0) is 17.9 Å². The van der Waals surface area contributed by atoms with E-state index in [9.17, 15) is 27.6 Å². The van der Waals surface area contributed by atoms with Crippen molar-refractivity contribution >= 4 is 40.0 Å². The van der Waals surface area contributed by atoms with Crippen LogP contribution in [0.3, 0.4) is 0 Å². The van der Waals surface area contributed by atoms with Crippen LogP contribution in [-0.4, -0.2) is 42.8 Å². The van der Waals surface area contributed by atoms with Gasteiger partial charge in [-0.3, -0.25) is 14.4 Å². The molecule has 1 aromatic heterocycles. The van der Waals surface area contributed by atoms with Gasteiger partial charge >= 0.3 is 6.18 Å². The number of nitrogens with one attached hydrogen (secondary N) is 1. The Morgan fingerprint density at radius 2 is 1.88 bits per heavy atom. The van der Waals surface area contributed by atoms with Crippen molar-refractivity contribution in [3.63, 3.8) is 0 Å². The zero-order valence-electron chi connectivity index (χ0n) is 21.7. The summed E-state index contributed by atoms with van der Waals surface area (Å²) >= 11 is 5.95. The lowest BCUT2D eigenvalue weighted by atomic mass is 9.95. The largest absolute Gasteiger partial charge is 0.492 e. The maximum absolute atomic E-state index is 15.5. The zero-order chi connectivity index (χ0) is 29.4. The van der Waals surface area contributed by atoms with Crippen LogP contribution in [0.25, 0.3) is 10.9 Å². The van der Waals surface area contributed by atoms with Gasteiger partial charge in [-0.05, 0) is 49.1 Å². The maximum atomic E-state index is 15.5. The number of ether oxygens (including phenoxy) is 1. The van der Waals surface area contributed by atoms with Crippen molar-refractivity contribution in [2.75, 3.05) is 25.1 Å². The molecule has 4 rings (SSSR count). The fraction of sp³-hybridized carbons (Fsp3) is 0.370. The highest BCUT2D eigenvalue weighted by atomic mass is 35.5. The van der Waals surface area contributed by atoms with Crippen LogP contribution in [0.15, 0.2) is 35.3 Å². The molecular weight excluding hydrogens is 556 g/mol. The lowest BCUT2D eigenvalue weighted by Gasteiger charge is -2.34. The van der Waals surface area contributed by atoms with Gasteiger partial charge in [0, 0.05) is 36.8 Å². The molecule has 0 bridgehead atoms. The number of piperidine rings is 1. The fourth-order valence-corrected chi connectivity index (χ4v) is 5.20. The summed E-state index contributed by atoms with van der Waals surface area (Å²) < 4.78 is 62.6. The van der Waals surface area contributed by atoms with Crippen molar-refractivity contribution in [2.24, 2.45) is 11.7 Å². The second-order valence-corrected chi connectivity index (χ2v) is 10.1. The van der Waals surface area contributed by atoms with Crippen molar-refractivity contribution in [3.8, 4) is 5.75 Å². The molecule has 2 heterocycles. The first-order valence-corrected chi connectivity index (χ1v) is 12.8. The molecule has 3 N–H and O–H groups in total. The minimum absolute atomic E-state index is 0.0174. The van der Waals surface area contributed by atoms with E-state index in [1.165, 1.54) is 0 Å². The van der Waals surface area contributed by atoms with Gasteiger partial charge in [0.25, 0.3) is 5.91 Å². The van der Waals surface area contributed by atoms with Gasteiger partial charge in [0.2, 0.25) is 11.3 Å². The Kier molecular flexibility index (Phi) is 8.29. The van der Waals surface area contributed by atoms with E-state index >= 15 is 4.39 Å². The average molecular weight is 583 g/mol. The minimum atomic E-state index is -4.74. The van der Waals surface area contributed by atoms with Gasteiger partial charge in [0.1, 0.15) is 17.8 Å². The average Bonchev–Trinajstić information content (AvgIpc) is 2.88. The van der Waals surface area contributed by atoms with Crippen LogP contribution in [0.4, 0.5) is 23.2 Å². The number of hydrogen-bond acceptors (Lipinski definition) is 5. The molecule has 1 saturated heterocycles. The molecule has 3 aromatic rings. The summed E-state index contributed by atoms with van der Waals surface area (Å²) in [5.41, 5.74) is 4.85. The predicted molar refractivity (Wildman–Crippen MR) is 142 cm³/mol. The lowest BCUT2D eigenvalue weighted by Crippen LogP contribution is -2.39. The number of nitrogens with two attached hydrogens (primary N) is 1. The molecule has 0 spiro atoms. The second kappa shape index (κ2) is 11.4. The number of rotatable bonds is 7. The SMILES string of the molecule is COc1c(N2CCC(C(N)=O)CC2)c(F)cc2c(=O)c(C(=O)NCc3ccc(Cl)cc3C)cn(CC(F)(F)F)c12. The highest BCUT2D eigenvalue weighted by molar-refractivity contribution is 6.30. The topological polar surface area (TPSA) is 107 Å². The number of carbonyl (C=O) groups is 2. The number of hydrogen-bond donors (Lipinski definition) is 2. The number of fused-ring (bicyclic) bond motifs is 1. The van der Waals surface area contributed by atoms with E-state index in [0.29, 0.717) is 28.0 Å². The van der Waals surface area contributed by atoms with Gasteiger partial charge in [-0.15, -0.1) is 0 Å². The normalized spacial score (nSPS) is 14.4. The van der Waals surface area contributed by atoms with Crippen LogP contribution in [0.2, 0.25) is 5.02 Å². The number of halogens is 5. The lowest BCUT2D eigenvalue weighted by molar-refractivity contribution is -0.140. The molecule has 2 amide bonds. The second-order valence-electron chi connectivity index (χ2n) is 9.67. The molecule has 8 nitrogen and oxygen atoms in total. The van der Waals surface area contributed by atoms with Crippen LogP contribution in [0, 0.1) is 18.7 Å². The number of anilines is 1. The number of pyridine rings is 1. The summed E-state index contributed by atoms with van der Waals surface area (Å²) in [6.07, 6.45) is -3.30. The molecular formula is C27H27ClF4N4O4. The first-order chi connectivity index (χ1) is 18.8. The number of benzene rings is 2. The first kappa shape index (κ1) is 29.2. The third-order valence-corrected chi connectivity index (χ3v) is 7.24. The summed E-state index contributed by atoms with van der Waals surface area (Å²) in [4.78, 5) is 39.5. The Labute approximate surface area is 231 Å². The zero-order valence-corrected chi connectivity index (χ0v) is 22.5. The van der Waals surface area contributed by atoms with Gasteiger partial charge in [0.05, 0.1) is 18.0 Å². The van der Waals surface area contributed by atoms with Gasteiger partial charge < -0.3 is 25.3 Å². The van der Waals surface area contributed by atoms with Gasteiger partial charge in [-0.2, -0.15) is 13.2 Å². The first-order valence-electron chi connectivity index (χ1n) is 12.4. The molecule has 2 aromatic carbocycles. The van der Waals surface area contributed by atoms with E-state index < -0.39 is 52.6 Å². The Morgan fingerprint density at radius 1 is 1.20 bits per heavy atom. The molecule has 0 saturated carbocycles. The molecule has 214 valence electrons. The molecule has 13 heteroatoms. The van der Waals surface area contributed by atoms with Gasteiger partial charge in [-0.1, -0.05) is 17.7 Å². The van der Waals surface area contributed by atoms with Crippen molar-refractivity contribution in [3.05, 3.63) is 68.2 Å².